The summed E-state index contributed by atoms with van der Waals surface area (Å²) in [7, 11) is 4.91. The second kappa shape index (κ2) is 9.62. The van der Waals surface area contributed by atoms with Crippen molar-refractivity contribution in [2.24, 2.45) is 5.92 Å². The highest BCUT2D eigenvalue weighted by atomic mass is 35.5. The van der Waals surface area contributed by atoms with Crippen molar-refractivity contribution in [3.05, 3.63) is 17.7 Å². The van der Waals surface area contributed by atoms with E-state index in [4.69, 9.17) is 9.47 Å². The van der Waals surface area contributed by atoms with E-state index in [2.05, 4.69) is 5.32 Å². The van der Waals surface area contributed by atoms with Crippen LogP contribution in [0.15, 0.2) is 12.1 Å². The molecule has 0 aliphatic heterocycles. The number of halogens is 1. The highest BCUT2D eigenvalue weighted by Crippen LogP contribution is 2.40. The van der Waals surface area contributed by atoms with Crippen LogP contribution in [0.2, 0.25) is 0 Å². The molecule has 0 aromatic heterocycles. The molecule has 0 bridgehead atoms. The molecule has 1 aromatic carbocycles. The van der Waals surface area contributed by atoms with Crippen LogP contribution in [0.1, 0.15) is 37.7 Å². The second-order valence-electron chi connectivity index (χ2n) is 6.19. The number of amides is 2. The summed E-state index contributed by atoms with van der Waals surface area (Å²) in [4.78, 5) is 14.3. The molecule has 0 saturated heterocycles. The maximum Gasteiger partial charge on any atom is 0.321 e. The molecule has 5 nitrogen and oxygen atoms in total. The van der Waals surface area contributed by atoms with Gasteiger partial charge in [-0.2, -0.15) is 0 Å². The molecule has 1 aliphatic rings. The van der Waals surface area contributed by atoms with Gasteiger partial charge in [-0.05, 0) is 43.4 Å². The van der Waals surface area contributed by atoms with Crippen molar-refractivity contribution in [1.82, 2.24) is 5.32 Å². The lowest BCUT2D eigenvalue weighted by atomic mass is 9.89. The molecule has 0 radical (unpaired) electrons. The van der Waals surface area contributed by atoms with Crippen LogP contribution in [-0.2, 0) is 0 Å². The number of hydrogen-bond acceptors (Lipinski definition) is 3. The first-order valence-electron chi connectivity index (χ1n) is 8.32. The lowest BCUT2D eigenvalue weighted by molar-refractivity contribution is 0.244. The first-order chi connectivity index (χ1) is 11.1. The molecular formula is C18H29ClN2O3. The lowest BCUT2D eigenvalue weighted by Gasteiger charge is -2.31. The normalized spacial score (nSPS) is 14.5. The number of methoxy groups -OCH3 is 2. The third-order valence-corrected chi connectivity index (χ3v) is 4.52. The Labute approximate surface area is 151 Å². The van der Waals surface area contributed by atoms with E-state index < -0.39 is 0 Å². The van der Waals surface area contributed by atoms with Crippen LogP contribution in [0, 0.1) is 12.8 Å². The first-order valence-corrected chi connectivity index (χ1v) is 8.32. The van der Waals surface area contributed by atoms with Crippen LogP contribution in [0.5, 0.6) is 11.5 Å². The van der Waals surface area contributed by atoms with Gasteiger partial charge in [0.2, 0.25) is 0 Å². The summed E-state index contributed by atoms with van der Waals surface area (Å²) in [6, 6.07) is 3.75. The number of carbonyl (C=O) groups is 1. The molecule has 2 amide bonds. The topological polar surface area (TPSA) is 50.8 Å². The van der Waals surface area contributed by atoms with E-state index in [1.807, 2.05) is 19.1 Å². The molecule has 2 rings (SSSR count). The van der Waals surface area contributed by atoms with Gasteiger partial charge in [-0.25, -0.2) is 4.79 Å². The summed E-state index contributed by atoms with van der Waals surface area (Å²) in [6.07, 6.45) is 6.13. The number of rotatable bonds is 5. The van der Waals surface area contributed by atoms with E-state index in [1.54, 1.807) is 26.2 Å². The van der Waals surface area contributed by atoms with Gasteiger partial charge >= 0.3 is 6.03 Å². The van der Waals surface area contributed by atoms with Crippen LogP contribution < -0.4 is 19.7 Å². The zero-order valence-corrected chi connectivity index (χ0v) is 15.9. The Hall–Kier alpha value is -1.62. The van der Waals surface area contributed by atoms with Gasteiger partial charge in [0, 0.05) is 13.6 Å². The number of urea groups is 1. The number of nitrogens with one attached hydrogen (secondary N) is 1. The summed E-state index contributed by atoms with van der Waals surface area (Å²) in [5.41, 5.74) is 1.75. The van der Waals surface area contributed by atoms with E-state index in [0.29, 0.717) is 29.6 Å². The predicted molar refractivity (Wildman–Crippen MR) is 99.9 cm³/mol. The molecule has 0 unspecified atom stereocenters. The summed E-state index contributed by atoms with van der Waals surface area (Å²) in [5, 5.41) is 2.75. The zero-order valence-electron chi connectivity index (χ0n) is 15.1. The second-order valence-corrected chi connectivity index (χ2v) is 6.19. The van der Waals surface area contributed by atoms with Crippen LogP contribution in [0.25, 0.3) is 0 Å². The van der Waals surface area contributed by atoms with E-state index >= 15 is 0 Å². The van der Waals surface area contributed by atoms with Gasteiger partial charge in [0.25, 0.3) is 0 Å². The predicted octanol–water partition coefficient (Wildman–Crippen LogP) is 4.16. The zero-order chi connectivity index (χ0) is 16.8. The Morgan fingerprint density at radius 2 is 1.71 bits per heavy atom. The molecule has 0 spiro atoms. The van der Waals surface area contributed by atoms with Crippen molar-refractivity contribution in [2.45, 2.75) is 39.0 Å². The minimum absolute atomic E-state index is 0. The fourth-order valence-electron chi connectivity index (χ4n) is 3.33. The summed E-state index contributed by atoms with van der Waals surface area (Å²) in [6.45, 7) is 2.68. The molecule has 1 aliphatic carbocycles. The Morgan fingerprint density at radius 1 is 1.17 bits per heavy atom. The maximum absolute atomic E-state index is 12.5. The van der Waals surface area contributed by atoms with Gasteiger partial charge in [-0.3, -0.25) is 4.90 Å². The van der Waals surface area contributed by atoms with Crippen LogP contribution >= 0.6 is 12.4 Å². The highest BCUT2D eigenvalue weighted by Gasteiger charge is 2.27. The average Bonchev–Trinajstić information content (AvgIpc) is 2.59. The van der Waals surface area contributed by atoms with E-state index in [0.717, 1.165) is 5.56 Å². The maximum atomic E-state index is 12.5. The highest BCUT2D eigenvalue weighted by molar-refractivity contribution is 5.95. The van der Waals surface area contributed by atoms with Gasteiger partial charge in [-0.15, -0.1) is 12.4 Å². The van der Waals surface area contributed by atoms with Crippen molar-refractivity contribution < 1.29 is 14.3 Å². The van der Waals surface area contributed by atoms with Crippen LogP contribution in [0.4, 0.5) is 10.5 Å². The minimum Gasteiger partial charge on any atom is -0.494 e. The molecule has 1 N–H and O–H groups in total. The molecule has 0 heterocycles. The van der Waals surface area contributed by atoms with Gasteiger partial charge in [0.1, 0.15) is 17.2 Å². The fourth-order valence-corrected chi connectivity index (χ4v) is 3.33. The molecule has 1 saturated carbocycles. The SMILES string of the molecule is CNC(=O)N(CC1CCCCC1)c1c(OC)cc(C)cc1OC.Cl. The van der Waals surface area contributed by atoms with Crippen molar-refractivity contribution in [2.75, 3.05) is 32.7 Å². The Morgan fingerprint density at radius 3 is 2.17 bits per heavy atom. The Balaban J connectivity index is 0.00000288. The number of hydrogen-bond donors (Lipinski definition) is 1. The smallest absolute Gasteiger partial charge is 0.321 e. The van der Waals surface area contributed by atoms with Gasteiger partial charge < -0.3 is 14.8 Å². The average molecular weight is 357 g/mol. The Kier molecular flexibility index (Phi) is 8.19. The third kappa shape index (κ3) is 4.69. The van der Waals surface area contributed by atoms with Crippen LogP contribution in [0.3, 0.4) is 0 Å². The van der Waals surface area contributed by atoms with Crippen molar-refractivity contribution in [3.8, 4) is 11.5 Å². The standard InChI is InChI=1S/C18H28N2O3.ClH/c1-13-10-15(22-3)17(16(11-13)23-4)20(18(21)19-2)12-14-8-6-5-7-9-14;/h10-11,14H,5-9,12H2,1-4H3,(H,19,21);1H. The molecule has 24 heavy (non-hydrogen) atoms. The monoisotopic (exact) mass is 356 g/mol. The molecule has 0 atom stereocenters. The van der Waals surface area contributed by atoms with Crippen LogP contribution in [-0.4, -0.2) is 33.8 Å². The summed E-state index contributed by atoms with van der Waals surface area (Å²) < 4.78 is 11.1. The number of nitrogens with zero attached hydrogens (tertiary/aromatic N) is 1. The molecule has 6 heteroatoms. The molecule has 136 valence electrons. The number of ether oxygens (including phenoxy) is 2. The number of carbonyl (C=O) groups excluding carboxylic acids is 1. The summed E-state index contributed by atoms with van der Waals surface area (Å²) in [5.74, 6) is 1.86. The van der Waals surface area contributed by atoms with Crippen molar-refractivity contribution >= 4 is 24.1 Å². The van der Waals surface area contributed by atoms with Gasteiger partial charge in [0.15, 0.2) is 0 Å². The lowest BCUT2D eigenvalue weighted by Crippen LogP contribution is -2.42. The summed E-state index contributed by atoms with van der Waals surface area (Å²) >= 11 is 0. The quantitative estimate of drug-likeness (QED) is 0.861. The third-order valence-electron chi connectivity index (χ3n) is 4.52. The van der Waals surface area contributed by atoms with Crippen molar-refractivity contribution in [1.29, 1.82) is 0 Å². The molecule has 1 fully saturated rings. The number of anilines is 1. The molecular weight excluding hydrogens is 328 g/mol. The number of aryl methyl sites for hydroxylation is 1. The minimum atomic E-state index is -0.129. The van der Waals surface area contributed by atoms with Gasteiger partial charge in [-0.1, -0.05) is 19.3 Å². The fraction of sp³-hybridized carbons (Fsp3) is 0.611. The van der Waals surface area contributed by atoms with E-state index in [-0.39, 0.29) is 18.4 Å². The largest absolute Gasteiger partial charge is 0.494 e. The Bertz CT molecular complexity index is 520. The van der Waals surface area contributed by atoms with E-state index in [9.17, 15) is 4.79 Å². The molecule has 1 aromatic rings. The number of benzene rings is 1. The van der Waals surface area contributed by atoms with Crippen molar-refractivity contribution in [3.63, 3.8) is 0 Å². The van der Waals surface area contributed by atoms with E-state index in [1.165, 1.54) is 32.1 Å². The van der Waals surface area contributed by atoms with Gasteiger partial charge in [0.05, 0.1) is 14.2 Å². The first kappa shape index (κ1) is 20.4.